The summed E-state index contributed by atoms with van der Waals surface area (Å²) in [6.07, 6.45) is -4.59. The Bertz CT molecular complexity index is 48.6. The van der Waals surface area contributed by atoms with Crippen LogP contribution in [0.5, 0.6) is 0 Å². The average molecular weight is 127 g/mol. The molecule has 0 fully saturated rings. The van der Waals surface area contributed by atoms with Gasteiger partial charge in [-0.1, -0.05) is 6.04 Å². The first-order valence-corrected chi connectivity index (χ1v) is 2.92. The lowest BCUT2D eigenvalue weighted by molar-refractivity contribution is -0.130. The van der Waals surface area contributed by atoms with Crippen molar-refractivity contribution in [3.8, 4) is 0 Å². The first-order valence-electron chi connectivity index (χ1n) is 1.92. The van der Waals surface area contributed by atoms with E-state index in [0.717, 1.165) is 0 Å². The van der Waals surface area contributed by atoms with Crippen molar-refractivity contribution in [3.05, 3.63) is 0 Å². The molecule has 0 aliphatic heterocycles. The number of hydrogen-bond donors (Lipinski definition) is 0. The Hall–Kier alpha value is 0.00688. The van der Waals surface area contributed by atoms with Crippen molar-refractivity contribution >= 4 is 10.2 Å². The van der Waals surface area contributed by atoms with Crippen molar-refractivity contribution in [3.63, 3.8) is 0 Å². The van der Waals surface area contributed by atoms with E-state index >= 15 is 0 Å². The molecule has 0 aliphatic rings. The quantitative estimate of drug-likeness (QED) is 0.461. The highest BCUT2D eigenvalue weighted by molar-refractivity contribution is 6.08. The molecule has 0 aromatic carbocycles. The van der Waals surface area contributed by atoms with Gasteiger partial charge in [-0.3, -0.25) is 0 Å². The molecule has 4 heteroatoms. The average Bonchev–Trinajstić information content (AvgIpc) is 1.30. The molecule has 0 aromatic heterocycles. The van der Waals surface area contributed by atoms with E-state index < -0.39 is 12.6 Å². The fourth-order valence-corrected chi connectivity index (χ4v) is 0.601. The van der Waals surface area contributed by atoms with Crippen LogP contribution >= 0.6 is 0 Å². The molecule has 0 saturated heterocycles. The second-order valence-electron chi connectivity index (χ2n) is 1.22. The molecule has 0 spiro atoms. The van der Waals surface area contributed by atoms with Gasteiger partial charge in [-0.05, 0) is 0 Å². The van der Waals surface area contributed by atoms with E-state index in [9.17, 15) is 13.2 Å². The minimum Gasteiger partial charge on any atom is -0.171 e. The van der Waals surface area contributed by atoms with Gasteiger partial charge in [-0.2, -0.15) is 13.2 Å². The van der Waals surface area contributed by atoms with Crippen LogP contribution in [0.1, 0.15) is 6.42 Å². The van der Waals surface area contributed by atoms with Gasteiger partial charge in [0.2, 0.25) is 0 Å². The van der Waals surface area contributed by atoms with E-state index in [0.29, 0.717) is 0 Å². The van der Waals surface area contributed by atoms with Gasteiger partial charge in [0.25, 0.3) is 0 Å². The third-order valence-electron chi connectivity index (χ3n) is 0.460. The molecule has 0 nitrogen and oxygen atoms in total. The highest BCUT2D eigenvalue weighted by atomic mass is 28.1. The summed E-state index contributed by atoms with van der Waals surface area (Å²) in [7, 11) is 1.34. The third-order valence-corrected chi connectivity index (χ3v) is 0.814. The zero-order valence-corrected chi connectivity index (χ0v) is 5.17. The summed E-state index contributed by atoms with van der Waals surface area (Å²) in [4.78, 5) is 0. The molecule has 0 aromatic rings. The van der Waals surface area contributed by atoms with E-state index in [2.05, 4.69) is 0 Å². The van der Waals surface area contributed by atoms with Gasteiger partial charge in [0, 0.05) is 16.7 Å². The maximum absolute atomic E-state index is 11.1. The van der Waals surface area contributed by atoms with Crippen LogP contribution in [0.15, 0.2) is 0 Å². The minimum absolute atomic E-state index is 0.212. The second-order valence-corrected chi connectivity index (χ2v) is 1.93. The van der Waals surface area contributed by atoms with E-state index in [1.165, 1.54) is 10.2 Å². The summed E-state index contributed by atoms with van der Waals surface area (Å²) in [5.41, 5.74) is 0. The Morgan fingerprint density at radius 3 is 1.71 bits per heavy atom. The number of halogens is 3. The van der Waals surface area contributed by atoms with E-state index in [-0.39, 0.29) is 6.04 Å². The van der Waals surface area contributed by atoms with Crippen molar-refractivity contribution in [2.24, 2.45) is 0 Å². The van der Waals surface area contributed by atoms with Crippen LogP contribution in [0.2, 0.25) is 6.04 Å². The predicted octanol–water partition coefficient (Wildman–Crippen LogP) is 0.990. The maximum Gasteiger partial charge on any atom is 0.388 e. The minimum atomic E-state index is -3.94. The third kappa shape index (κ3) is 6.01. The van der Waals surface area contributed by atoms with Crippen molar-refractivity contribution < 1.29 is 13.2 Å². The van der Waals surface area contributed by atoms with E-state index in [1.807, 2.05) is 0 Å². The molecule has 0 rings (SSSR count). The molecule has 0 heterocycles. The molecule has 0 atom stereocenters. The second kappa shape index (κ2) is 2.35. The number of hydrogen-bond acceptors (Lipinski definition) is 0. The lowest BCUT2D eigenvalue weighted by Crippen LogP contribution is -2.05. The lowest BCUT2D eigenvalue weighted by atomic mass is 10.5. The Morgan fingerprint density at radius 2 is 1.71 bits per heavy atom. The predicted molar refractivity (Wildman–Crippen MR) is 24.0 cm³/mol. The van der Waals surface area contributed by atoms with Gasteiger partial charge in [0.15, 0.2) is 0 Å². The molecule has 43 valence electrons. The Labute approximate surface area is 43.1 Å². The summed E-state index contributed by atoms with van der Waals surface area (Å²) >= 11 is 0. The largest absolute Gasteiger partial charge is 0.388 e. The van der Waals surface area contributed by atoms with Gasteiger partial charge in [-0.15, -0.1) is 0 Å². The molecular weight excluding hydrogens is 121 g/mol. The van der Waals surface area contributed by atoms with Gasteiger partial charge >= 0.3 is 6.18 Å². The summed E-state index contributed by atoms with van der Waals surface area (Å²) in [6.45, 7) is 0. The zero-order chi connectivity index (χ0) is 5.91. The van der Waals surface area contributed by atoms with Crippen molar-refractivity contribution in [2.75, 3.05) is 0 Å². The fraction of sp³-hybridized carbons (Fsp3) is 1.00. The van der Waals surface area contributed by atoms with Crippen LogP contribution in [0.3, 0.4) is 0 Å². The highest BCUT2D eigenvalue weighted by Crippen LogP contribution is 2.20. The monoisotopic (exact) mass is 127 g/mol. The summed E-state index contributed by atoms with van der Waals surface area (Å²) in [6, 6.07) is 0.212. The molecular formula is C3H6F3Si. The van der Waals surface area contributed by atoms with E-state index in [1.54, 1.807) is 0 Å². The van der Waals surface area contributed by atoms with Crippen molar-refractivity contribution in [1.82, 2.24) is 0 Å². The Balaban J connectivity index is 3.15. The van der Waals surface area contributed by atoms with E-state index in [4.69, 9.17) is 0 Å². The van der Waals surface area contributed by atoms with Crippen molar-refractivity contribution in [1.29, 1.82) is 0 Å². The Morgan fingerprint density at radius 1 is 1.29 bits per heavy atom. The van der Waals surface area contributed by atoms with Crippen LogP contribution in [0.25, 0.3) is 0 Å². The van der Waals surface area contributed by atoms with Crippen LogP contribution < -0.4 is 0 Å². The molecule has 7 heavy (non-hydrogen) atoms. The van der Waals surface area contributed by atoms with Crippen LogP contribution in [0.4, 0.5) is 13.2 Å². The molecule has 0 bridgehead atoms. The number of rotatable bonds is 1. The van der Waals surface area contributed by atoms with Gasteiger partial charge in [0.1, 0.15) is 0 Å². The molecule has 0 saturated carbocycles. The van der Waals surface area contributed by atoms with Crippen LogP contribution in [-0.4, -0.2) is 16.4 Å². The molecule has 0 N–H and O–H groups in total. The Kier molecular flexibility index (Phi) is 2.35. The standard InChI is InChI=1S/C3H6F3Si/c4-3(5,6)1-2-7/h1-2,7H2. The van der Waals surface area contributed by atoms with Crippen molar-refractivity contribution in [2.45, 2.75) is 18.6 Å². The molecule has 1 radical (unpaired) electrons. The topological polar surface area (TPSA) is 0 Å². The molecule has 0 unspecified atom stereocenters. The van der Waals surface area contributed by atoms with Gasteiger partial charge < -0.3 is 0 Å². The smallest absolute Gasteiger partial charge is 0.171 e. The summed E-state index contributed by atoms with van der Waals surface area (Å²) < 4.78 is 33.2. The highest BCUT2D eigenvalue weighted by Gasteiger charge is 2.24. The van der Waals surface area contributed by atoms with Crippen LogP contribution in [0, 0.1) is 0 Å². The zero-order valence-electron chi connectivity index (χ0n) is 3.76. The maximum atomic E-state index is 11.1. The normalized spacial score (nSPS) is 12.0. The fourth-order valence-electron chi connectivity index (χ4n) is 0.200. The summed E-state index contributed by atoms with van der Waals surface area (Å²) in [5, 5.41) is 0. The summed E-state index contributed by atoms with van der Waals surface area (Å²) in [5.74, 6) is 0. The first-order chi connectivity index (χ1) is 3.06. The lowest BCUT2D eigenvalue weighted by Gasteiger charge is -2.00. The van der Waals surface area contributed by atoms with Gasteiger partial charge in [-0.25, -0.2) is 0 Å². The van der Waals surface area contributed by atoms with Gasteiger partial charge in [0.05, 0.1) is 0 Å². The number of alkyl halides is 3. The first kappa shape index (κ1) is 7.01. The SMILES string of the molecule is FC(F)(F)CC[SiH2]. The van der Waals surface area contributed by atoms with Crippen LogP contribution in [-0.2, 0) is 0 Å². The molecule has 0 aliphatic carbocycles. The molecule has 0 amide bonds.